The normalized spacial score (nSPS) is 13.5. The van der Waals surface area contributed by atoms with E-state index in [4.69, 9.17) is 9.47 Å². The quantitative estimate of drug-likeness (QED) is 0.588. The molecule has 0 unspecified atom stereocenters. The van der Waals surface area contributed by atoms with Gasteiger partial charge in [-0.05, 0) is 25.1 Å². The molecule has 136 valence electrons. The Hall–Kier alpha value is -3.00. The molecule has 1 aliphatic heterocycles. The fourth-order valence-corrected chi connectivity index (χ4v) is 4.29. The highest BCUT2D eigenvalue weighted by molar-refractivity contribution is 7.99. The first-order valence-electron chi connectivity index (χ1n) is 8.67. The fraction of sp³-hybridized carbons (Fsp3) is 0.211. The number of imidazole rings is 1. The van der Waals surface area contributed by atoms with Crippen LogP contribution in [0, 0.1) is 0 Å². The van der Waals surface area contributed by atoms with E-state index >= 15 is 0 Å². The molecule has 8 heteroatoms. The van der Waals surface area contributed by atoms with Gasteiger partial charge in [-0.3, -0.25) is 14.5 Å². The number of H-pyrrole nitrogens is 1. The third-order valence-electron chi connectivity index (χ3n) is 4.45. The van der Waals surface area contributed by atoms with Gasteiger partial charge in [0.2, 0.25) is 0 Å². The number of fused-ring (bicyclic) bond motifs is 4. The van der Waals surface area contributed by atoms with Crippen molar-refractivity contribution in [3.8, 4) is 17.2 Å². The summed E-state index contributed by atoms with van der Waals surface area (Å²) in [5, 5.41) is 0.970. The lowest BCUT2D eigenvalue weighted by Gasteiger charge is -2.18. The smallest absolute Gasteiger partial charge is 0.332 e. The first-order chi connectivity index (χ1) is 13.3. The van der Waals surface area contributed by atoms with E-state index in [0.717, 1.165) is 33.0 Å². The molecule has 0 fully saturated rings. The molecule has 27 heavy (non-hydrogen) atoms. The van der Waals surface area contributed by atoms with Gasteiger partial charge in [0.25, 0.3) is 0 Å². The van der Waals surface area contributed by atoms with Gasteiger partial charge >= 0.3 is 5.69 Å². The Balaban J connectivity index is 1.79. The lowest BCUT2D eigenvalue weighted by Crippen LogP contribution is -2.15. The van der Waals surface area contributed by atoms with Gasteiger partial charge in [-0.15, -0.1) is 11.8 Å². The van der Waals surface area contributed by atoms with Crippen molar-refractivity contribution in [3.05, 3.63) is 47.1 Å². The first-order valence-corrected chi connectivity index (χ1v) is 9.66. The van der Waals surface area contributed by atoms with E-state index < -0.39 is 0 Å². The van der Waals surface area contributed by atoms with Gasteiger partial charge in [-0.25, -0.2) is 9.78 Å². The van der Waals surface area contributed by atoms with Crippen molar-refractivity contribution in [2.24, 2.45) is 0 Å². The third-order valence-corrected chi connectivity index (χ3v) is 5.53. The number of nitrogens with one attached hydrogen (secondary N) is 1. The minimum absolute atomic E-state index is 0.259. The summed E-state index contributed by atoms with van der Waals surface area (Å²) >= 11 is 1.75. The monoisotopic (exact) mass is 380 g/mol. The van der Waals surface area contributed by atoms with Crippen LogP contribution in [0.4, 0.5) is 0 Å². The van der Waals surface area contributed by atoms with Crippen LogP contribution < -0.4 is 15.2 Å². The first kappa shape index (κ1) is 16.2. The van der Waals surface area contributed by atoms with Crippen molar-refractivity contribution in [2.75, 3.05) is 19.0 Å². The van der Waals surface area contributed by atoms with Crippen LogP contribution in [0.1, 0.15) is 6.92 Å². The molecule has 7 nitrogen and oxygen atoms in total. The van der Waals surface area contributed by atoms with Crippen LogP contribution in [0.3, 0.4) is 0 Å². The summed E-state index contributed by atoms with van der Waals surface area (Å²) in [6, 6.07) is 7.54. The van der Waals surface area contributed by atoms with Crippen molar-refractivity contribution in [1.82, 2.24) is 19.5 Å². The van der Waals surface area contributed by atoms with Crippen molar-refractivity contribution in [2.45, 2.75) is 11.8 Å². The number of pyridine rings is 2. The Kier molecular flexibility index (Phi) is 3.78. The fourth-order valence-electron chi connectivity index (χ4n) is 3.35. The lowest BCUT2D eigenvalue weighted by atomic mass is 10.2. The van der Waals surface area contributed by atoms with Gasteiger partial charge in [-0.1, -0.05) is 0 Å². The predicted octanol–water partition coefficient (Wildman–Crippen LogP) is 3.15. The summed E-state index contributed by atoms with van der Waals surface area (Å²) in [6.45, 7) is 3.09. The molecule has 0 aliphatic carbocycles. The van der Waals surface area contributed by atoms with Crippen LogP contribution in [0.25, 0.3) is 27.8 Å². The molecule has 0 atom stereocenters. The summed E-state index contributed by atoms with van der Waals surface area (Å²) in [5.41, 5.74) is 2.47. The zero-order valence-corrected chi connectivity index (χ0v) is 15.4. The van der Waals surface area contributed by atoms with E-state index in [1.807, 2.05) is 25.1 Å². The van der Waals surface area contributed by atoms with Gasteiger partial charge in [0.1, 0.15) is 11.3 Å². The van der Waals surface area contributed by atoms with Crippen LogP contribution in [-0.2, 0) is 0 Å². The maximum atomic E-state index is 12.7. The number of benzene rings is 1. The second kappa shape index (κ2) is 6.31. The van der Waals surface area contributed by atoms with Crippen molar-refractivity contribution in [1.29, 1.82) is 0 Å². The molecule has 0 radical (unpaired) electrons. The van der Waals surface area contributed by atoms with E-state index in [1.165, 1.54) is 0 Å². The second-order valence-electron chi connectivity index (χ2n) is 6.05. The molecular weight excluding hydrogens is 364 g/mol. The molecule has 5 rings (SSSR count). The van der Waals surface area contributed by atoms with E-state index in [2.05, 4.69) is 15.0 Å². The number of hydrogen-bond donors (Lipinski definition) is 1. The molecule has 3 aromatic heterocycles. The van der Waals surface area contributed by atoms with Crippen LogP contribution in [0.5, 0.6) is 11.5 Å². The summed E-state index contributed by atoms with van der Waals surface area (Å²) in [6.07, 6.45) is 3.39. The molecule has 0 spiro atoms. The van der Waals surface area contributed by atoms with Crippen molar-refractivity contribution < 1.29 is 9.47 Å². The largest absolute Gasteiger partial charge is 0.491 e. The Morgan fingerprint density at radius 2 is 2.26 bits per heavy atom. The van der Waals surface area contributed by atoms with Crippen molar-refractivity contribution >= 4 is 33.8 Å². The van der Waals surface area contributed by atoms with Crippen LogP contribution in [0.15, 0.2) is 46.3 Å². The van der Waals surface area contributed by atoms with Gasteiger partial charge < -0.3 is 9.47 Å². The highest BCUT2D eigenvalue weighted by Gasteiger charge is 2.18. The van der Waals surface area contributed by atoms with Gasteiger partial charge in [0.15, 0.2) is 11.4 Å². The number of aromatic nitrogens is 4. The minimum atomic E-state index is -0.259. The summed E-state index contributed by atoms with van der Waals surface area (Å²) < 4.78 is 13.0. The van der Waals surface area contributed by atoms with E-state index in [9.17, 15) is 4.79 Å². The zero-order valence-electron chi connectivity index (χ0n) is 14.6. The highest BCUT2D eigenvalue weighted by Crippen LogP contribution is 2.39. The van der Waals surface area contributed by atoms with E-state index in [-0.39, 0.29) is 5.69 Å². The number of ether oxygens (including phenoxy) is 2. The molecular formula is C19H16N4O3S. The highest BCUT2D eigenvalue weighted by atomic mass is 32.2. The molecule has 4 aromatic rings. The van der Waals surface area contributed by atoms with Gasteiger partial charge in [-0.2, -0.15) is 0 Å². The van der Waals surface area contributed by atoms with Crippen LogP contribution >= 0.6 is 11.8 Å². The Labute approximate surface area is 158 Å². The number of rotatable bonds is 3. The number of aromatic amines is 1. The number of thioether (sulfide) groups is 1. The zero-order chi connectivity index (χ0) is 18.4. The molecule has 0 bridgehead atoms. The van der Waals surface area contributed by atoms with Gasteiger partial charge in [0, 0.05) is 23.4 Å². The Bertz CT molecular complexity index is 1230. The Morgan fingerprint density at radius 1 is 1.33 bits per heavy atom. The minimum Gasteiger partial charge on any atom is -0.491 e. The molecule has 0 amide bonds. The molecule has 0 saturated heterocycles. The molecule has 4 heterocycles. The van der Waals surface area contributed by atoms with E-state index in [1.54, 1.807) is 34.8 Å². The molecule has 0 saturated carbocycles. The summed E-state index contributed by atoms with van der Waals surface area (Å²) in [7, 11) is 0. The van der Waals surface area contributed by atoms with Crippen LogP contribution in [0.2, 0.25) is 0 Å². The Morgan fingerprint density at radius 3 is 3.15 bits per heavy atom. The average molecular weight is 380 g/mol. The molecule has 1 aliphatic rings. The average Bonchev–Trinajstić information content (AvgIpc) is 3.04. The number of nitrogens with zero attached hydrogens (tertiary/aromatic N) is 3. The maximum absolute atomic E-state index is 12.7. The van der Waals surface area contributed by atoms with Crippen LogP contribution in [-0.4, -0.2) is 38.5 Å². The predicted molar refractivity (Wildman–Crippen MR) is 104 cm³/mol. The summed E-state index contributed by atoms with van der Waals surface area (Å²) in [4.78, 5) is 25.3. The van der Waals surface area contributed by atoms with E-state index in [0.29, 0.717) is 30.1 Å². The maximum Gasteiger partial charge on any atom is 0.332 e. The summed E-state index contributed by atoms with van der Waals surface area (Å²) in [5.74, 6) is 2.30. The van der Waals surface area contributed by atoms with Crippen molar-refractivity contribution in [3.63, 3.8) is 0 Å². The standard InChI is InChI=1S/C19H16N4O3S/c1-2-25-14-5-6-20-18-16(14)23(19(24)22-18)11-3-4-13-12(9-11)17-15(10-21-13)26-7-8-27-17/h3-6,9-10H,2,7-8H2,1H3,(H,20,22,24). The number of hydrogen-bond acceptors (Lipinski definition) is 6. The third kappa shape index (κ3) is 2.56. The molecule has 1 N–H and O–H groups in total. The SMILES string of the molecule is CCOc1ccnc2[nH]c(=O)n(-c3ccc4ncc5c(c4c3)SCCO5)c12. The topological polar surface area (TPSA) is 82.0 Å². The molecule has 1 aromatic carbocycles. The van der Waals surface area contributed by atoms with Gasteiger partial charge in [0.05, 0.1) is 35.5 Å². The lowest BCUT2D eigenvalue weighted by molar-refractivity contribution is 0.330. The second-order valence-corrected chi connectivity index (χ2v) is 7.16.